The van der Waals surface area contributed by atoms with Crippen molar-refractivity contribution in [3.63, 3.8) is 0 Å². The Morgan fingerprint density at radius 2 is 1.82 bits per heavy atom. The van der Waals surface area contributed by atoms with Gasteiger partial charge in [-0.15, -0.1) is 11.6 Å². The Hall–Kier alpha value is -1.71. The lowest BCUT2D eigenvalue weighted by Crippen LogP contribution is -2.20. The molecule has 22 heavy (non-hydrogen) atoms. The third-order valence-corrected chi connectivity index (χ3v) is 4.11. The maximum absolute atomic E-state index is 6.04. The van der Waals surface area contributed by atoms with Crippen LogP contribution in [0, 0.1) is 0 Å². The van der Waals surface area contributed by atoms with Crippen LogP contribution in [0.3, 0.4) is 0 Å². The zero-order chi connectivity index (χ0) is 15.4. The number of ether oxygens (including phenoxy) is 2. The van der Waals surface area contributed by atoms with Crippen LogP contribution in [0.15, 0.2) is 42.5 Å². The number of methoxy groups -OCH3 is 1. The molecule has 3 nitrogen and oxygen atoms in total. The van der Waals surface area contributed by atoms with Gasteiger partial charge in [0.1, 0.15) is 5.75 Å². The largest absolute Gasteiger partial charge is 0.468 e. The van der Waals surface area contributed by atoms with Gasteiger partial charge in [-0.25, -0.2) is 0 Å². The first kappa shape index (κ1) is 15.2. The van der Waals surface area contributed by atoms with Gasteiger partial charge in [-0.2, -0.15) is 0 Å². The topological polar surface area (TPSA) is 21.7 Å². The fourth-order valence-electron chi connectivity index (χ4n) is 2.95. The van der Waals surface area contributed by atoms with Gasteiger partial charge in [0.25, 0.3) is 0 Å². The first-order valence-corrected chi connectivity index (χ1v) is 8.03. The molecule has 1 heterocycles. The van der Waals surface area contributed by atoms with Crippen LogP contribution in [-0.2, 0) is 17.6 Å². The predicted molar refractivity (Wildman–Crippen MR) is 90.5 cm³/mol. The van der Waals surface area contributed by atoms with E-state index in [1.165, 1.54) is 22.5 Å². The molecule has 2 aromatic rings. The van der Waals surface area contributed by atoms with E-state index in [-0.39, 0.29) is 6.79 Å². The molecular weight excluding hydrogens is 298 g/mol. The number of rotatable bonds is 5. The summed E-state index contributed by atoms with van der Waals surface area (Å²) in [6.07, 6.45) is 2.02. The van der Waals surface area contributed by atoms with Gasteiger partial charge in [0, 0.05) is 30.9 Å². The van der Waals surface area contributed by atoms with Crippen LogP contribution in [0.5, 0.6) is 5.75 Å². The van der Waals surface area contributed by atoms with E-state index in [0.29, 0.717) is 5.88 Å². The van der Waals surface area contributed by atoms with E-state index < -0.39 is 0 Å². The van der Waals surface area contributed by atoms with Gasteiger partial charge in [0.05, 0.1) is 0 Å². The molecule has 0 aliphatic carbocycles. The van der Waals surface area contributed by atoms with Gasteiger partial charge in [-0.1, -0.05) is 18.2 Å². The van der Waals surface area contributed by atoms with Crippen molar-refractivity contribution >= 4 is 23.0 Å². The first-order chi connectivity index (χ1) is 10.8. The molecule has 4 heteroatoms. The average molecular weight is 318 g/mol. The van der Waals surface area contributed by atoms with Gasteiger partial charge >= 0.3 is 0 Å². The van der Waals surface area contributed by atoms with Crippen LogP contribution >= 0.6 is 11.6 Å². The molecule has 0 saturated heterocycles. The summed E-state index contributed by atoms with van der Waals surface area (Å²) < 4.78 is 10.5. The lowest BCUT2D eigenvalue weighted by atomic mass is 10.0. The van der Waals surface area contributed by atoms with Crippen LogP contribution in [0.2, 0.25) is 0 Å². The molecule has 0 atom stereocenters. The minimum atomic E-state index is 0.268. The van der Waals surface area contributed by atoms with Crippen molar-refractivity contribution in [2.45, 2.75) is 12.8 Å². The highest BCUT2D eigenvalue weighted by Gasteiger charge is 2.20. The number of halogens is 1. The maximum atomic E-state index is 6.04. The van der Waals surface area contributed by atoms with E-state index >= 15 is 0 Å². The highest BCUT2D eigenvalue weighted by atomic mass is 35.5. The van der Waals surface area contributed by atoms with Gasteiger partial charge < -0.3 is 14.4 Å². The number of alkyl halides is 1. The Labute approximate surface area is 136 Å². The minimum Gasteiger partial charge on any atom is -0.468 e. The number of para-hydroxylation sites is 1. The number of benzene rings is 2. The summed E-state index contributed by atoms with van der Waals surface area (Å²) in [4.78, 5) is 2.31. The second-order valence-corrected chi connectivity index (χ2v) is 5.69. The van der Waals surface area contributed by atoms with Crippen molar-refractivity contribution < 1.29 is 9.47 Å². The Kier molecular flexibility index (Phi) is 4.86. The number of fused-ring (bicyclic) bond motifs is 2. The zero-order valence-electron chi connectivity index (χ0n) is 12.7. The van der Waals surface area contributed by atoms with E-state index in [0.717, 1.165) is 25.1 Å². The summed E-state index contributed by atoms with van der Waals surface area (Å²) >= 11 is 6.04. The van der Waals surface area contributed by atoms with Crippen molar-refractivity contribution in [3.05, 3.63) is 53.6 Å². The second kappa shape index (κ2) is 7.03. The van der Waals surface area contributed by atoms with Gasteiger partial charge in [-0.05, 0) is 48.2 Å². The number of anilines is 2. The van der Waals surface area contributed by atoms with Crippen LogP contribution < -0.4 is 9.64 Å². The molecule has 0 N–H and O–H groups in total. The first-order valence-electron chi connectivity index (χ1n) is 7.49. The summed E-state index contributed by atoms with van der Waals surface area (Å²) in [5.74, 6) is 1.44. The molecule has 0 bridgehead atoms. The Bertz CT molecular complexity index is 645. The van der Waals surface area contributed by atoms with E-state index in [1.807, 2.05) is 6.07 Å². The molecule has 0 radical (unpaired) electrons. The molecule has 0 unspecified atom stereocenters. The molecule has 0 saturated carbocycles. The van der Waals surface area contributed by atoms with Crippen molar-refractivity contribution in [2.24, 2.45) is 0 Å². The third-order valence-electron chi connectivity index (χ3n) is 3.94. The smallest absolute Gasteiger partial charge is 0.188 e. The SMILES string of the molecule is COCOc1ccc2c(c1)CCc1ccccc1N2CCCl. The average Bonchev–Trinajstić information content (AvgIpc) is 2.71. The van der Waals surface area contributed by atoms with E-state index in [1.54, 1.807) is 7.11 Å². The van der Waals surface area contributed by atoms with Crippen molar-refractivity contribution in [2.75, 3.05) is 31.2 Å². The molecule has 0 aromatic heterocycles. The second-order valence-electron chi connectivity index (χ2n) is 5.31. The third kappa shape index (κ3) is 3.06. The van der Waals surface area contributed by atoms with Crippen LogP contribution in [0.4, 0.5) is 11.4 Å². The molecule has 116 valence electrons. The standard InChI is InChI=1S/C18H20ClNO2/c1-21-13-22-16-8-9-18-15(12-16)7-6-14-4-2-3-5-17(14)20(18)11-10-19/h2-5,8-9,12H,6-7,10-11,13H2,1H3. The number of hydrogen-bond acceptors (Lipinski definition) is 3. The maximum Gasteiger partial charge on any atom is 0.188 e. The zero-order valence-corrected chi connectivity index (χ0v) is 13.5. The van der Waals surface area contributed by atoms with E-state index in [9.17, 15) is 0 Å². The molecule has 3 rings (SSSR count). The van der Waals surface area contributed by atoms with Gasteiger partial charge in [0.15, 0.2) is 6.79 Å². The van der Waals surface area contributed by atoms with Gasteiger partial charge in [0.2, 0.25) is 0 Å². The van der Waals surface area contributed by atoms with Crippen LogP contribution in [-0.4, -0.2) is 26.3 Å². The van der Waals surface area contributed by atoms with Crippen LogP contribution in [0.1, 0.15) is 11.1 Å². The predicted octanol–water partition coefficient (Wildman–Crippen LogP) is 4.14. The quantitative estimate of drug-likeness (QED) is 0.611. The summed E-state index contributed by atoms with van der Waals surface area (Å²) in [5, 5.41) is 0. The van der Waals surface area contributed by atoms with Crippen molar-refractivity contribution in [1.82, 2.24) is 0 Å². The molecule has 1 aliphatic rings. The number of aryl methyl sites for hydroxylation is 2. The van der Waals surface area contributed by atoms with Crippen molar-refractivity contribution in [3.8, 4) is 5.75 Å². The molecular formula is C18H20ClNO2. The molecule has 0 spiro atoms. The summed E-state index contributed by atoms with van der Waals surface area (Å²) in [7, 11) is 1.63. The molecule has 0 amide bonds. The Balaban J connectivity index is 1.99. The Morgan fingerprint density at radius 1 is 1.05 bits per heavy atom. The fourth-order valence-corrected chi connectivity index (χ4v) is 3.12. The minimum absolute atomic E-state index is 0.268. The van der Waals surface area contributed by atoms with Crippen LogP contribution in [0.25, 0.3) is 0 Å². The lowest BCUT2D eigenvalue weighted by molar-refractivity contribution is 0.0511. The van der Waals surface area contributed by atoms with Gasteiger partial charge in [-0.3, -0.25) is 0 Å². The van der Waals surface area contributed by atoms with E-state index in [2.05, 4.69) is 41.3 Å². The molecule has 2 aromatic carbocycles. The summed E-state index contributed by atoms with van der Waals surface area (Å²) in [5.41, 5.74) is 5.13. The lowest BCUT2D eigenvalue weighted by Gasteiger charge is -2.26. The fraction of sp³-hybridized carbons (Fsp3) is 0.333. The summed E-state index contributed by atoms with van der Waals surface area (Å²) in [6.45, 7) is 1.06. The highest BCUT2D eigenvalue weighted by Crippen LogP contribution is 2.37. The molecule has 1 aliphatic heterocycles. The number of nitrogens with zero attached hydrogens (tertiary/aromatic N) is 1. The summed E-state index contributed by atoms with van der Waals surface area (Å²) in [6, 6.07) is 14.8. The number of hydrogen-bond donors (Lipinski definition) is 0. The monoisotopic (exact) mass is 317 g/mol. The highest BCUT2D eigenvalue weighted by molar-refractivity contribution is 6.18. The molecule has 0 fully saturated rings. The van der Waals surface area contributed by atoms with Crippen molar-refractivity contribution in [1.29, 1.82) is 0 Å². The van der Waals surface area contributed by atoms with E-state index in [4.69, 9.17) is 21.1 Å². The normalized spacial score (nSPS) is 13.3. The Morgan fingerprint density at radius 3 is 2.64 bits per heavy atom.